The van der Waals surface area contributed by atoms with Crippen LogP contribution in [0.3, 0.4) is 0 Å². The summed E-state index contributed by atoms with van der Waals surface area (Å²) >= 11 is 0. The first-order chi connectivity index (χ1) is 13.3. The fourth-order valence-electron chi connectivity index (χ4n) is 5.39. The molecule has 1 fully saturated rings. The van der Waals surface area contributed by atoms with Crippen LogP contribution in [0.4, 0.5) is 0 Å². The van der Waals surface area contributed by atoms with Gasteiger partial charge in [0.1, 0.15) is 0 Å². The standard InChI is InChI=1S/C26H35N/c1-3-4-5-6-7-8-11-20-16-17-27(2)26(20)22-14-15-25-23(19-22)18-21-12-9-10-13-24(21)25/h9-10,12-15,19-20,26H,3-8,11,16-18H2,1-2H3. The average Bonchev–Trinajstić information content (AvgIpc) is 3.24. The molecule has 1 aliphatic carbocycles. The van der Waals surface area contributed by atoms with E-state index in [1.807, 2.05) is 0 Å². The van der Waals surface area contributed by atoms with Crippen molar-refractivity contribution in [2.45, 2.75) is 70.8 Å². The van der Waals surface area contributed by atoms with Crippen LogP contribution >= 0.6 is 0 Å². The van der Waals surface area contributed by atoms with Crippen LogP contribution in [0, 0.1) is 5.92 Å². The van der Waals surface area contributed by atoms with Gasteiger partial charge >= 0.3 is 0 Å². The van der Waals surface area contributed by atoms with E-state index in [4.69, 9.17) is 0 Å². The minimum atomic E-state index is 0.620. The lowest BCUT2D eigenvalue weighted by molar-refractivity contribution is 0.266. The third kappa shape index (κ3) is 3.99. The Bertz CT molecular complexity index is 763. The van der Waals surface area contributed by atoms with E-state index >= 15 is 0 Å². The van der Waals surface area contributed by atoms with Crippen LogP contribution < -0.4 is 0 Å². The van der Waals surface area contributed by atoms with Crippen LogP contribution in [-0.2, 0) is 6.42 Å². The van der Waals surface area contributed by atoms with E-state index < -0.39 is 0 Å². The molecule has 1 saturated heterocycles. The molecule has 27 heavy (non-hydrogen) atoms. The maximum absolute atomic E-state index is 2.60. The number of unbranched alkanes of at least 4 members (excludes halogenated alkanes) is 5. The molecule has 1 heteroatoms. The summed E-state index contributed by atoms with van der Waals surface area (Å²) in [6.45, 7) is 3.55. The van der Waals surface area contributed by atoms with Crippen molar-refractivity contribution >= 4 is 0 Å². The van der Waals surface area contributed by atoms with Gasteiger partial charge in [0.05, 0.1) is 0 Å². The first kappa shape index (κ1) is 18.7. The van der Waals surface area contributed by atoms with Gasteiger partial charge in [0.15, 0.2) is 0 Å². The highest BCUT2D eigenvalue weighted by Crippen LogP contribution is 2.43. The summed E-state index contributed by atoms with van der Waals surface area (Å²) < 4.78 is 0. The third-order valence-corrected chi connectivity index (χ3v) is 6.86. The Hall–Kier alpha value is -1.60. The second kappa shape index (κ2) is 8.61. The Morgan fingerprint density at radius 2 is 1.67 bits per heavy atom. The SMILES string of the molecule is CCCCCCCCC1CCN(C)C1c1ccc2c(c1)Cc1ccccc1-2. The summed E-state index contributed by atoms with van der Waals surface area (Å²) in [6.07, 6.45) is 12.3. The Morgan fingerprint density at radius 1 is 0.889 bits per heavy atom. The van der Waals surface area contributed by atoms with Gasteiger partial charge in [-0.3, -0.25) is 4.90 Å². The molecule has 144 valence electrons. The Kier molecular flexibility index (Phi) is 5.98. The van der Waals surface area contributed by atoms with Gasteiger partial charge < -0.3 is 0 Å². The summed E-state index contributed by atoms with van der Waals surface area (Å²) in [5, 5.41) is 0. The van der Waals surface area contributed by atoms with E-state index in [-0.39, 0.29) is 0 Å². The van der Waals surface area contributed by atoms with Gasteiger partial charge in [0.2, 0.25) is 0 Å². The maximum Gasteiger partial charge on any atom is 0.0373 e. The van der Waals surface area contributed by atoms with Crippen LogP contribution in [-0.4, -0.2) is 18.5 Å². The molecule has 2 atom stereocenters. The number of rotatable bonds is 8. The van der Waals surface area contributed by atoms with E-state index in [1.54, 1.807) is 5.56 Å². The van der Waals surface area contributed by atoms with E-state index in [0.29, 0.717) is 6.04 Å². The molecule has 1 aliphatic heterocycles. The molecule has 2 aliphatic rings. The zero-order valence-electron chi connectivity index (χ0n) is 17.2. The molecule has 0 radical (unpaired) electrons. The van der Waals surface area contributed by atoms with E-state index in [1.165, 1.54) is 80.2 Å². The first-order valence-electron chi connectivity index (χ1n) is 11.2. The zero-order chi connectivity index (χ0) is 18.6. The molecule has 1 heterocycles. The summed E-state index contributed by atoms with van der Waals surface area (Å²) in [7, 11) is 2.33. The molecule has 2 aromatic carbocycles. The monoisotopic (exact) mass is 361 g/mol. The summed E-state index contributed by atoms with van der Waals surface area (Å²) in [6, 6.07) is 16.9. The minimum absolute atomic E-state index is 0.620. The van der Waals surface area contributed by atoms with Gasteiger partial charge in [-0.2, -0.15) is 0 Å². The largest absolute Gasteiger partial charge is 0.299 e. The molecule has 1 nitrogen and oxygen atoms in total. The van der Waals surface area contributed by atoms with Crippen molar-refractivity contribution < 1.29 is 0 Å². The normalized spacial score (nSPS) is 21.4. The summed E-state index contributed by atoms with van der Waals surface area (Å²) in [5.74, 6) is 0.836. The van der Waals surface area contributed by atoms with Gasteiger partial charge in [0, 0.05) is 6.04 Å². The average molecular weight is 362 g/mol. The number of hydrogen-bond donors (Lipinski definition) is 0. The number of benzene rings is 2. The van der Waals surface area contributed by atoms with Crippen molar-refractivity contribution in [1.29, 1.82) is 0 Å². The minimum Gasteiger partial charge on any atom is -0.299 e. The molecule has 0 amide bonds. The van der Waals surface area contributed by atoms with Crippen LogP contribution in [0.1, 0.15) is 81.0 Å². The molecule has 0 bridgehead atoms. The number of fused-ring (bicyclic) bond motifs is 3. The Labute approximate surface area is 165 Å². The van der Waals surface area contributed by atoms with E-state index in [9.17, 15) is 0 Å². The number of likely N-dealkylation sites (tertiary alicyclic amines) is 1. The van der Waals surface area contributed by atoms with Crippen molar-refractivity contribution in [2.75, 3.05) is 13.6 Å². The zero-order valence-corrected chi connectivity index (χ0v) is 17.2. The number of hydrogen-bond acceptors (Lipinski definition) is 1. The van der Waals surface area contributed by atoms with Gasteiger partial charge in [-0.1, -0.05) is 87.9 Å². The van der Waals surface area contributed by atoms with Gasteiger partial charge in [-0.15, -0.1) is 0 Å². The fourth-order valence-corrected chi connectivity index (χ4v) is 5.39. The highest BCUT2D eigenvalue weighted by Gasteiger charge is 2.33. The van der Waals surface area contributed by atoms with Gasteiger partial charge in [-0.25, -0.2) is 0 Å². The lowest BCUT2D eigenvalue weighted by atomic mass is 9.87. The van der Waals surface area contributed by atoms with Crippen molar-refractivity contribution in [3.8, 4) is 11.1 Å². The van der Waals surface area contributed by atoms with Crippen molar-refractivity contribution in [3.05, 3.63) is 59.2 Å². The van der Waals surface area contributed by atoms with Crippen LogP contribution in [0.25, 0.3) is 11.1 Å². The van der Waals surface area contributed by atoms with Crippen LogP contribution in [0.15, 0.2) is 42.5 Å². The molecular formula is C26H35N. The lowest BCUT2D eigenvalue weighted by Crippen LogP contribution is -2.21. The summed E-state index contributed by atoms with van der Waals surface area (Å²) in [4.78, 5) is 2.60. The fraction of sp³-hybridized carbons (Fsp3) is 0.538. The van der Waals surface area contributed by atoms with E-state index in [0.717, 1.165) is 12.3 Å². The first-order valence-corrected chi connectivity index (χ1v) is 11.2. The Balaban J connectivity index is 1.43. The van der Waals surface area contributed by atoms with Crippen molar-refractivity contribution in [1.82, 2.24) is 4.90 Å². The van der Waals surface area contributed by atoms with Gasteiger partial charge in [-0.05, 0) is 66.6 Å². The lowest BCUT2D eigenvalue weighted by Gasteiger charge is -2.26. The van der Waals surface area contributed by atoms with Crippen LogP contribution in [0.2, 0.25) is 0 Å². The van der Waals surface area contributed by atoms with Gasteiger partial charge in [0.25, 0.3) is 0 Å². The third-order valence-electron chi connectivity index (χ3n) is 6.86. The number of nitrogens with zero attached hydrogens (tertiary/aromatic N) is 1. The predicted octanol–water partition coefficient (Wildman–Crippen LogP) is 7.00. The van der Waals surface area contributed by atoms with E-state index in [2.05, 4.69) is 61.3 Å². The van der Waals surface area contributed by atoms with Crippen molar-refractivity contribution in [3.63, 3.8) is 0 Å². The quantitative estimate of drug-likeness (QED) is 0.390. The van der Waals surface area contributed by atoms with Crippen LogP contribution in [0.5, 0.6) is 0 Å². The second-order valence-corrected chi connectivity index (χ2v) is 8.78. The molecule has 0 saturated carbocycles. The molecular weight excluding hydrogens is 326 g/mol. The van der Waals surface area contributed by atoms with Crippen molar-refractivity contribution in [2.24, 2.45) is 5.92 Å². The maximum atomic E-state index is 2.60. The summed E-state index contributed by atoms with van der Waals surface area (Å²) in [5.41, 5.74) is 7.49. The predicted molar refractivity (Wildman–Crippen MR) is 116 cm³/mol. The Morgan fingerprint density at radius 3 is 2.56 bits per heavy atom. The highest BCUT2D eigenvalue weighted by atomic mass is 15.2. The molecule has 0 N–H and O–H groups in total. The molecule has 4 rings (SSSR count). The molecule has 2 unspecified atom stereocenters. The highest BCUT2D eigenvalue weighted by molar-refractivity contribution is 5.77. The molecule has 0 aromatic heterocycles. The smallest absolute Gasteiger partial charge is 0.0373 e. The topological polar surface area (TPSA) is 3.24 Å². The molecule has 0 spiro atoms. The molecule has 2 aromatic rings. The second-order valence-electron chi connectivity index (χ2n) is 8.78.